The van der Waals surface area contributed by atoms with Crippen molar-refractivity contribution in [1.29, 1.82) is 0 Å². The highest BCUT2D eigenvalue weighted by Gasteiger charge is 2.32. The monoisotopic (exact) mass is 289 g/mol. The van der Waals surface area contributed by atoms with Gasteiger partial charge in [-0.25, -0.2) is 0 Å². The number of likely N-dealkylation sites (tertiary alicyclic amines) is 1. The molecule has 2 fully saturated rings. The summed E-state index contributed by atoms with van der Waals surface area (Å²) in [6.07, 6.45) is 5.57. The van der Waals surface area contributed by atoms with Crippen LogP contribution in [0.25, 0.3) is 0 Å². The number of aliphatic hydroxyl groups excluding tert-OH is 2. The van der Waals surface area contributed by atoms with Crippen molar-refractivity contribution in [2.75, 3.05) is 19.7 Å². The molecule has 0 aromatic heterocycles. The third-order valence-corrected chi connectivity index (χ3v) is 5.33. The van der Waals surface area contributed by atoms with Gasteiger partial charge in [0.15, 0.2) is 0 Å². The standard InChI is InChI=1S/C18H27NO2/c20-13-17-10-18(21)12-19(17)11-14-6-8-16(9-7-14)15-4-2-1-3-5-15/h1-5,14,16-18,20-21H,6-13H2/t14?,16?,17-,18+/m0/s1. The highest BCUT2D eigenvalue weighted by molar-refractivity contribution is 5.19. The smallest absolute Gasteiger partial charge is 0.0683 e. The molecule has 2 atom stereocenters. The van der Waals surface area contributed by atoms with Gasteiger partial charge in [-0.3, -0.25) is 4.90 Å². The van der Waals surface area contributed by atoms with Crippen LogP contribution in [0, 0.1) is 5.92 Å². The molecular formula is C18H27NO2. The summed E-state index contributed by atoms with van der Waals surface area (Å²) in [5.41, 5.74) is 1.49. The Balaban J connectivity index is 1.50. The van der Waals surface area contributed by atoms with Gasteiger partial charge in [0, 0.05) is 19.1 Å². The third kappa shape index (κ3) is 3.65. The van der Waals surface area contributed by atoms with Crippen molar-refractivity contribution < 1.29 is 10.2 Å². The molecule has 0 unspecified atom stereocenters. The van der Waals surface area contributed by atoms with Crippen molar-refractivity contribution in [2.45, 2.75) is 50.2 Å². The molecular weight excluding hydrogens is 262 g/mol. The minimum Gasteiger partial charge on any atom is -0.395 e. The number of nitrogens with zero attached hydrogens (tertiary/aromatic N) is 1. The predicted molar refractivity (Wildman–Crippen MR) is 84.2 cm³/mol. The lowest BCUT2D eigenvalue weighted by atomic mass is 9.78. The molecule has 1 heterocycles. The van der Waals surface area contributed by atoms with Crippen LogP contribution >= 0.6 is 0 Å². The zero-order valence-corrected chi connectivity index (χ0v) is 12.7. The number of rotatable bonds is 4. The Morgan fingerprint density at radius 3 is 2.43 bits per heavy atom. The van der Waals surface area contributed by atoms with E-state index in [1.54, 1.807) is 0 Å². The molecule has 3 heteroatoms. The van der Waals surface area contributed by atoms with E-state index < -0.39 is 0 Å². The molecule has 1 aromatic carbocycles. The lowest BCUT2D eigenvalue weighted by Gasteiger charge is -2.33. The molecule has 3 nitrogen and oxygen atoms in total. The Morgan fingerprint density at radius 1 is 1.05 bits per heavy atom. The van der Waals surface area contributed by atoms with E-state index in [0.717, 1.165) is 31.3 Å². The highest BCUT2D eigenvalue weighted by atomic mass is 16.3. The van der Waals surface area contributed by atoms with Gasteiger partial charge in [0.05, 0.1) is 12.7 Å². The fourth-order valence-corrected chi connectivity index (χ4v) is 4.11. The van der Waals surface area contributed by atoms with Gasteiger partial charge in [0.2, 0.25) is 0 Å². The first-order chi connectivity index (χ1) is 10.3. The van der Waals surface area contributed by atoms with Crippen LogP contribution in [0.15, 0.2) is 30.3 Å². The second-order valence-corrected chi connectivity index (χ2v) is 6.81. The quantitative estimate of drug-likeness (QED) is 0.894. The van der Waals surface area contributed by atoms with Gasteiger partial charge in [-0.15, -0.1) is 0 Å². The fourth-order valence-electron chi connectivity index (χ4n) is 4.11. The van der Waals surface area contributed by atoms with Crippen LogP contribution in [-0.2, 0) is 0 Å². The van der Waals surface area contributed by atoms with Crippen molar-refractivity contribution in [3.63, 3.8) is 0 Å². The number of hydrogen-bond acceptors (Lipinski definition) is 3. The second-order valence-electron chi connectivity index (χ2n) is 6.81. The third-order valence-electron chi connectivity index (χ3n) is 5.33. The summed E-state index contributed by atoms with van der Waals surface area (Å²) in [4.78, 5) is 2.30. The Bertz CT molecular complexity index is 428. The summed E-state index contributed by atoms with van der Waals surface area (Å²) < 4.78 is 0. The van der Waals surface area contributed by atoms with Crippen molar-refractivity contribution >= 4 is 0 Å². The highest BCUT2D eigenvalue weighted by Crippen LogP contribution is 2.36. The Kier molecular flexibility index (Phi) is 4.94. The van der Waals surface area contributed by atoms with Crippen molar-refractivity contribution in [2.24, 2.45) is 5.92 Å². The molecule has 1 aliphatic carbocycles. The first kappa shape index (κ1) is 15.0. The Morgan fingerprint density at radius 2 is 1.76 bits per heavy atom. The van der Waals surface area contributed by atoms with E-state index in [9.17, 15) is 10.2 Å². The molecule has 1 aromatic rings. The average molecular weight is 289 g/mol. The number of aliphatic hydroxyl groups is 2. The van der Waals surface area contributed by atoms with E-state index >= 15 is 0 Å². The van der Waals surface area contributed by atoms with E-state index in [4.69, 9.17) is 0 Å². The number of benzene rings is 1. The first-order valence-electron chi connectivity index (χ1n) is 8.34. The van der Waals surface area contributed by atoms with E-state index in [2.05, 4.69) is 35.2 Å². The molecule has 0 bridgehead atoms. The predicted octanol–water partition coefficient (Wildman–Crippen LogP) is 2.39. The summed E-state index contributed by atoms with van der Waals surface area (Å²) in [7, 11) is 0. The first-order valence-corrected chi connectivity index (χ1v) is 8.34. The topological polar surface area (TPSA) is 43.7 Å². The van der Waals surface area contributed by atoms with Gasteiger partial charge in [-0.1, -0.05) is 30.3 Å². The summed E-state index contributed by atoms with van der Waals surface area (Å²) in [6, 6.07) is 11.0. The summed E-state index contributed by atoms with van der Waals surface area (Å²) in [5, 5.41) is 19.2. The lowest BCUT2D eigenvalue weighted by Crippen LogP contribution is -2.37. The van der Waals surface area contributed by atoms with Crippen LogP contribution < -0.4 is 0 Å². The largest absolute Gasteiger partial charge is 0.395 e. The summed E-state index contributed by atoms with van der Waals surface area (Å²) in [6.45, 7) is 1.96. The normalized spacial score (nSPS) is 34.2. The molecule has 2 N–H and O–H groups in total. The van der Waals surface area contributed by atoms with Gasteiger partial charge >= 0.3 is 0 Å². The van der Waals surface area contributed by atoms with Crippen LogP contribution in [0.1, 0.15) is 43.6 Å². The maximum Gasteiger partial charge on any atom is 0.0683 e. The van der Waals surface area contributed by atoms with Gasteiger partial charge in [-0.05, 0) is 49.5 Å². The van der Waals surface area contributed by atoms with Gasteiger partial charge in [0.25, 0.3) is 0 Å². The average Bonchev–Trinajstić information content (AvgIpc) is 2.88. The summed E-state index contributed by atoms with van der Waals surface area (Å²) >= 11 is 0. The van der Waals surface area contributed by atoms with E-state index in [-0.39, 0.29) is 18.8 Å². The Hall–Kier alpha value is -0.900. The van der Waals surface area contributed by atoms with Crippen molar-refractivity contribution in [1.82, 2.24) is 4.90 Å². The lowest BCUT2D eigenvalue weighted by molar-refractivity contribution is 0.125. The van der Waals surface area contributed by atoms with E-state index in [0.29, 0.717) is 0 Å². The van der Waals surface area contributed by atoms with Crippen LogP contribution in [0.4, 0.5) is 0 Å². The SMILES string of the molecule is OC[C@@H]1C[C@@H](O)CN1CC1CCC(c2ccccc2)CC1. The molecule has 3 rings (SSSR count). The Labute approximate surface area is 127 Å². The molecule has 1 saturated carbocycles. The van der Waals surface area contributed by atoms with E-state index in [1.165, 1.54) is 31.2 Å². The minimum atomic E-state index is -0.247. The molecule has 116 valence electrons. The minimum absolute atomic E-state index is 0.173. The molecule has 0 radical (unpaired) electrons. The van der Waals surface area contributed by atoms with Gasteiger partial charge in [0.1, 0.15) is 0 Å². The zero-order chi connectivity index (χ0) is 14.7. The fraction of sp³-hybridized carbons (Fsp3) is 0.667. The molecule has 21 heavy (non-hydrogen) atoms. The molecule has 0 amide bonds. The van der Waals surface area contributed by atoms with Crippen LogP contribution in [0.5, 0.6) is 0 Å². The van der Waals surface area contributed by atoms with Crippen molar-refractivity contribution in [3.05, 3.63) is 35.9 Å². The van der Waals surface area contributed by atoms with Gasteiger partial charge < -0.3 is 10.2 Å². The van der Waals surface area contributed by atoms with Crippen LogP contribution in [-0.4, -0.2) is 47.0 Å². The van der Waals surface area contributed by atoms with Crippen LogP contribution in [0.3, 0.4) is 0 Å². The number of hydrogen-bond donors (Lipinski definition) is 2. The van der Waals surface area contributed by atoms with Crippen molar-refractivity contribution in [3.8, 4) is 0 Å². The summed E-state index contributed by atoms with van der Waals surface area (Å²) in [5.74, 6) is 1.45. The molecule has 1 aliphatic heterocycles. The molecule has 2 aliphatic rings. The van der Waals surface area contributed by atoms with E-state index in [1.807, 2.05) is 0 Å². The number of β-amino-alcohol motifs (C(OH)–C–C–N with tert-alkyl or cyclic N) is 1. The van der Waals surface area contributed by atoms with Gasteiger partial charge in [-0.2, -0.15) is 0 Å². The zero-order valence-electron chi connectivity index (χ0n) is 12.7. The maximum atomic E-state index is 9.77. The van der Waals surface area contributed by atoms with Crippen LogP contribution in [0.2, 0.25) is 0 Å². The maximum absolute atomic E-state index is 9.77. The molecule has 0 spiro atoms. The molecule has 1 saturated heterocycles. The second kappa shape index (κ2) is 6.91.